The van der Waals surface area contributed by atoms with Crippen molar-refractivity contribution in [3.63, 3.8) is 0 Å². The molecule has 1 aliphatic heterocycles. The van der Waals surface area contributed by atoms with Crippen molar-refractivity contribution in [2.75, 3.05) is 13.2 Å². The summed E-state index contributed by atoms with van der Waals surface area (Å²) in [6.07, 6.45) is 13.5. The van der Waals surface area contributed by atoms with Crippen LogP contribution >= 0.6 is 0 Å². The molecule has 5 aliphatic rings. The molecule has 1 saturated heterocycles. The number of carbonyl (C=O) groups is 1. The van der Waals surface area contributed by atoms with Crippen molar-refractivity contribution in [2.24, 2.45) is 29.1 Å². The molecular formula is C22H32O3. The Morgan fingerprint density at radius 1 is 1.16 bits per heavy atom. The van der Waals surface area contributed by atoms with Gasteiger partial charge >= 0.3 is 0 Å². The fourth-order valence-corrected chi connectivity index (χ4v) is 7.52. The predicted octanol–water partition coefficient (Wildman–Crippen LogP) is 4.65. The average Bonchev–Trinajstić information content (AvgIpc) is 2.96. The molecule has 5 rings (SSSR count). The third-order valence-corrected chi connectivity index (χ3v) is 8.48. The van der Waals surface area contributed by atoms with E-state index in [-0.39, 0.29) is 5.41 Å². The molecule has 0 aromatic heterocycles. The molecule has 4 aliphatic carbocycles. The van der Waals surface area contributed by atoms with Crippen LogP contribution in [-0.4, -0.2) is 24.8 Å². The summed E-state index contributed by atoms with van der Waals surface area (Å²) in [6.45, 7) is 3.86. The minimum absolute atomic E-state index is 0.0679. The van der Waals surface area contributed by atoms with Gasteiger partial charge in [-0.05, 0) is 69.1 Å². The number of ketones is 1. The largest absolute Gasteiger partial charge is 0.349 e. The van der Waals surface area contributed by atoms with Crippen LogP contribution in [0.5, 0.6) is 0 Å². The van der Waals surface area contributed by atoms with E-state index in [9.17, 15) is 4.79 Å². The van der Waals surface area contributed by atoms with Gasteiger partial charge in [0.1, 0.15) is 5.78 Å². The first-order valence-corrected chi connectivity index (χ1v) is 10.7. The summed E-state index contributed by atoms with van der Waals surface area (Å²) in [6, 6.07) is 0. The lowest BCUT2D eigenvalue weighted by atomic mass is 9.50. The van der Waals surface area contributed by atoms with E-state index in [4.69, 9.17) is 9.47 Å². The molecule has 0 N–H and O–H groups in total. The van der Waals surface area contributed by atoms with Crippen LogP contribution in [0.1, 0.15) is 71.1 Å². The van der Waals surface area contributed by atoms with E-state index in [1.165, 1.54) is 38.5 Å². The van der Waals surface area contributed by atoms with Gasteiger partial charge in [-0.25, -0.2) is 0 Å². The second kappa shape index (κ2) is 5.92. The topological polar surface area (TPSA) is 35.5 Å². The van der Waals surface area contributed by atoms with Crippen molar-refractivity contribution in [3.8, 4) is 0 Å². The van der Waals surface area contributed by atoms with Crippen LogP contribution in [0.3, 0.4) is 0 Å². The quantitative estimate of drug-likeness (QED) is 0.650. The molecule has 3 heteroatoms. The van der Waals surface area contributed by atoms with Crippen molar-refractivity contribution in [1.29, 1.82) is 0 Å². The Hall–Kier alpha value is -0.670. The fourth-order valence-electron chi connectivity index (χ4n) is 7.52. The summed E-state index contributed by atoms with van der Waals surface area (Å²) in [5, 5.41) is 0. The van der Waals surface area contributed by atoms with E-state index >= 15 is 0 Å². The number of allylic oxidation sites excluding steroid dienone is 2. The molecule has 3 saturated carbocycles. The molecule has 5 atom stereocenters. The first kappa shape index (κ1) is 16.5. The molecule has 1 heterocycles. The zero-order valence-corrected chi connectivity index (χ0v) is 15.6. The van der Waals surface area contributed by atoms with Crippen LogP contribution in [0.25, 0.3) is 0 Å². The third kappa shape index (κ3) is 2.15. The minimum atomic E-state index is -0.464. The highest BCUT2D eigenvalue weighted by atomic mass is 16.7. The summed E-state index contributed by atoms with van der Waals surface area (Å²) in [5.41, 5.74) is 1.55. The Kier molecular flexibility index (Phi) is 3.91. The van der Waals surface area contributed by atoms with Crippen molar-refractivity contribution in [1.82, 2.24) is 0 Å². The molecule has 138 valence electrons. The van der Waals surface area contributed by atoms with Crippen molar-refractivity contribution in [3.05, 3.63) is 11.6 Å². The van der Waals surface area contributed by atoms with E-state index in [0.29, 0.717) is 35.9 Å². The molecule has 1 unspecified atom stereocenters. The van der Waals surface area contributed by atoms with E-state index < -0.39 is 5.79 Å². The van der Waals surface area contributed by atoms with E-state index in [0.717, 1.165) is 32.5 Å². The Morgan fingerprint density at radius 3 is 2.80 bits per heavy atom. The van der Waals surface area contributed by atoms with Crippen LogP contribution in [0.2, 0.25) is 0 Å². The van der Waals surface area contributed by atoms with Gasteiger partial charge in [0, 0.05) is 24.2 Å². The zero-order chi connectivity index (χ0) is 17.1. The second-order valence-electron chi connectivity index (χ2n) is 9.15. The first-order valence-electron chi connectivity index (χ1n) is 10.7. The molecule has 0 amide bonds. The molecule has 4 fully saturated rings. The van der Waals surface area contributed by atoms with Gasteiger partial charge in [0.25, 0.3) is 0 Å². The molecule has 0 radical (unpaired) electrons. The lowest BCUT2D eigenvalue weighted by molar-refractivity contribution is -0.324. The van der Waals surface area contributed by atoms with E-state index in [1.54, 1.807) is 5.57 Å². The number of carbonyl (C=O) groups excluding carboxylic acids is 1. The lowest BCUT2D eigenvalue weighted by Crippen LogP contribution is -2.60. The van der Waals surface area contributed by atoms with Gasteiger partial charge in [-0.15, -0.1) is 0 Å². The average molecular weight is 344 g/mol. The summed E-state index contributed by atoms with van der Waals surface area (Å²) >= 11 is 0. The van der Waals surface area contributed by atoms with Crippen molar-refractivity contribution >= 4 is 5.78 Å². The Morgan fingerprint density at radius 2 is 2.00 bits per heavy atom. The Bertz CT molecular complexity index is 588. The number of ether oxygens (including phenoxy) is 2. The highest BCUT2D eigenvalue weighted by Gasteiger charge is 2.68. The van der Waals surface area contributed by atoms with Crippen LogP contribution in [0.4, 0.5) is 0 Å². The van der Waals surface area contributed by atoms with Crippen molar-refractivity contribution < 1.29 is 14.3 Å². The van der Waals surface area contributed by atoms with Crippen LogP contribution < -0.4 is 0 Å². The monoisotopic (exact) mass is 344 g/mol. The van der Waals surface area contributed by atoms with Crippen molar-refractivity contribution in [2.45, 2.75) is 76.9 Å². The van der Waals surface area contributed by atoms with Gasteiger partial charge < -0.3 is 9.47 Å². The lowest BCUT2D eigenvalue weighted by Gasteiger charge is -2.57. The fraction of sp³-hybridized carbons (Fsp3) is 0.864. The maximum atomic E-state index is 13.5. The molecule has 0 aromatic carbocycles. The maximum Gasteiger partial charge on any atom is 0.174 e. The number of rotatable bonds is 1. The summed E-state index contributed by atoms with van der Waals surface area (Å²) in [5.74, 6) is 2.09. The minimum Gasteiger partial charge on any atom is -0.349 e. The van der Waals surface area contributed by atoms with Gasteiger partial charge in [0.2, 0.25) is 0 Å². The zero-order valence-electron chi connectivity index (χ0n) is 15.6. The molecule has 25 heavy (non-hydrogen) atoms. The maximum absolute atomic E-state index is 13.5. The molecule has 1 spiro atoms. The molecular weight excluding hydrogens is 312 g/mol. The molecule has 3 nitrogen and oxygen atoms in total. The first-order chi connectivity index (χ1) is 12.2. The van der Waals surface area contributed by atoms with Gasteiger partial charge in [0.15, 0.2) is 5.79 Å². The van der Waals surface area contributed by atoms with Gasteiger partial charge in [-0.1, -0.05) is 18.6 Å². The summed E-state index contributed by atoms with van der Waals surface area (Å²) < 4.78 is 12.7. The Balaban J connectivity index is 1.53. The Labute approximate surface area is 151 Å². The number of hydrogen-bond donors (Lipinski definition) is 0. The van der Waals surface area contributed by atoms with Crippen LogP contribution in [-0.2, 0) is 14.3 Å². The summed E-state index contributed by atoms with van der Waals surface area (Å²) in [4.78, 5) is 13.5. The van der Waals surface area contributed by atoms with Gasteiger partial charge in [0.05, 0.1) is 13.2 Å². The number of Topliss-reactive ketones (excluding diaryl/α,β-unsaturated/α-hetero) is 1. The van der Waals surface area contributed by atoms with Crippen LogP contribution in [0.15, 0.2) is 11.6 Å². The van der Waals surface area contributed by atoms with Gasteiger partial charge in [-0.3, -0.25) is 4.79 Å². The number of fused-ring (bicyclic) bond motifs is 6. The van der Waals surface area contributed by atoms with Gasteiger partial charge in [-0.2, -0.15) is 0 Å². The normalized spacial score (nSPS) is 45.5. The highest BCUT2D eigenvalue weighted by Crippen LogP contribution is 2.66. The summed E-state index contributed by atoms with van der Waals surface area (Å²) in [7, 11) is 0. The van der Waals surface area contributed by atoms with E-state index in [2.05, 4.69) is 13.0 Å². The number of hydrogen-bond acceptors (Lipinski definition) is 3. The highest BCUT2D eigenvalue weighted by molar-refractivity contribution is 5.84. The van der Waals surface area contributed by atoms with Crippen LogP contribution in [0, 0.1) is 29.1 Å². The third-order valence-electron chi connectivity index (χ3n) is 8.48. The van der Waals surface area contributed by atoms with E-state index in [1.807, 2.05) is 0 Å². The SMILES string of the molecule is CCC12CC(=O)[C@H]3[C@@H](CCC4=CCCC[C@@H]43)[C@@H]1CCC21OCCCO1. The second-order valence-corrected chi connectivity index (χ2v) is 9.15. The smallest absolute Gasteiger partial charge is 0.174 e. The standard InChI is InChI=1S/C22H32O3/c1-2-21-14-19(23)20-16-7-4-3-6-15(16)8-9-17(20)18(21)10-11-22(21)24-12-5-13-25-22/h6,16-18,20H,2-5,7-14H2,1H3/t16-,17-,18-,20+,21?/m0/s1. The molecule has 0 aromatic rings. The predicted molar refractivity (Wildman–Crippen MR) is 96.0 cm³/mol. The molecule has 0 bridgehead atoms.